The molecule has 0 radical (unpaired) electrons. The minimum Gasteiger partial charge on any atom is -0.354 e. The van der Waals surface area contributed by atoms with Crippen LogP contribution in [0.3, 0.4) is 0 Å². The Morgan fingerprint density at radius 2 is 1.74 bits per heavy atom. The summed E-state index contributed by atoms with van der Waals surface area (Å²) in [5.41, 5.74) is 3.51. The smallest absolute Gasteiger partial charge is 0.244 e. The molecule has 1 N–H and O–H groups in total. The Bertz CT molecular complexity index is 897. The number of hydrogen-bond donors (Lipinski definition) is 1. The third-order valence-electron chi connectivity index (χ3n) is 6.43. The molecule has 1 amide bonds. The molecule has 3 heterocycles. The molecule has 6 heteroatoms. The van der Waals surface area contributed by atoms with Crippen LogP contribution >= 0.6 is 0 Å². The Balaban J connectivity index is 1.49. The average Bonchev–Trinajstić information content (AvgIpc) is 2.76. The monoisotopic (exact) mass is 421 g/mol. The van der Waals surface area contributed by atoms with Gasteiger partial charge < -0.3 is 20.0 Å². The molecule has 0 aliphatic carbocycles. The number of nitrogens with one attached hydrogen (secondary N) is 1. The van der Waals surface area contributed by atoms with Crippen LogP contribution in [0, 0.1) is 0 Å². The quantitative estimate of drug-likeness (QED) is 0.823. The molecule has 31 heavy (non-hydrogen) atoms. The lowest BCUT2D eigenvalue weighted by molar-refractivity contribution is -0.121. The van der Waals surface area contributed by atoms with E-state index in [0.29, 0.717) is 13.0 Å². The number of rotatable bonds is 4. The van der Waals surface area contributed by atoms with Gasteiger partial charge in [0.1, 0.15) is 5.82 Å². The minimum absolute atomic E-state index is 0.106. The molecule has 2 aliphatic heterocycles. The van der Waals surface area contributed by atoms with E-state index in [-0.39, 0.29) is 17.4 Å². The molecule has 0 spiro atoms. The molecule has 1 aromatic carbocycles. The van der Waals surface area contributed by atoms with Crippen molar-refractivity contribution in [1.82, 2.24) is 15.2 Å². The van der Waals surface area contributed by atoms with Gasteiger partial charge in [-0.05, 0) is 41.8 Å². The lowest BCUT2D eigenvalue weighted by atomic mass is 9.87. The highest BCUT2D eigenvalue weighted by Crippen LogP contribution is 2.27. The number of pyridine rings is 1. The van der Waals surface area contributed by atoms with E-state index >= 15 is 0 Å². The van der Waals surface area contributed by atoms with Crippen LogP contribution in [-0.2, 0) is 16.6 Å². The molecule has 0 saturated carbocycles. The Labute approximate surface area is 186 Å². The maximum absolute atomic E-state index is 13.4. The first kappa shape index (κ1) is 21.8. The predicted octanol–water partition coefficient (Wildman–Crippen LogP) is 2.68. The number of piperazine rings is 2. The van der Waals surface area contributed by atoms with Gasteiger partial charge in [0.15, 0.2) is 0 Å². The summed E-state index contributed by atoms with van der Waals surface area (Å²) in [5.74, 6) is 1.17. The van der Waals surface area contributed by atoms with Crippen molar-refractivity contribution in [3.05, 3.63) is 53.7 Å². The van der Waals surface area contributed by atoms with E-state index < -0.39 is 0 Å². The van der Waals surface area contributed by atoms with Crippen LogP contribution in [0.2, 0.25) is 0 Å². The first-order valence-electron chi connectivity index (χ1n) is 11.4. The topological polar surface area (TPSA) is 51.7 Å². The third-order valence-corrected chi connectivity index (χ3v) is 6.43. The Kier molecular flexibility index (Phi) is 6.30. The normalized spacial score (nSPS) is 20.9. The van der Waals surface area contributed by atoms with Crippen molar-refractivity contribution >= 4 is 17.4 Å². The van der Waals surface area contributed by atoms with E-state index in [1.165, 1.54) is 5.56 Å². The molecule has 1 atom stereocenters. The van der Waals surface area contributed by atoms with Crippen LogP contribution in [0.25, 0.3) is 0 Å². The predicted molar refractivity (Wildman–Crippen MR) is 127 cm³/mol. The van der Waals surface area contributed by atoms with Crippen LogP contribution in [0.5, 0.6) is 0 Å². The summed E-state index contributed by atoms with van der Waals surface area (Å²) in [6, 6.07) is 12.3. The second kappa shape index (κ2) is 8.97. The summed E-state index contributed by atoms with van der Waals surface area (Å²) in [7, 11) is 2.16. The van der Waals surface area contributed by atoms with Gasteiger partial charge in [-0.3, -0.25) is 4.79 Å². The molecule has 166 valence electrons. The van der Waals surface area contributed by atoms with E-state index in [1.54, 1.807) is 0 Å². The molecule has 1 unspecified atom stereocenters. The highest BCUT2D eigenvalue weighted by Gasteiger charge is 2.31. The van der Waals surface area contributed by atoms with Gasteiger partial charge >= 0.3 is 0 Å². The maximum atomic E-state index is 13.4. The van der Waals surface area contributed by atoms with E-state index in [1.807, 2.05) is 17.2 Å². The van der Waals surface area contributed by atoms with Crippen molar-refractivity contribution in [2.75, 3.05) is 56.1 Å². The number of anilines is 2. The van der Waals surface area contributed by atoms with E-state index in [0.717, 1.165) is 49.8 Å². The number of nitrogens with zero attached hydrogens (tertiary/aromatic N) is 4. The fourth-order valence-electron chi connectivity index (χ4n) is 4.41. The van der Waals surface area contributed by atoms with Gasteiger partial charge in [0.2, 0.25) is 5.91 Å². The van der Waals surface area contributed by atoms with Crippen molar-refractivity contribution in [3.8, 4) is 0 Å². The summed E-state index contributed by atoms with van der Waals surface area (Å²) in [4.78, 5) is 24.7. The second-order valence-electron chi connectivity index (χ2n) is 9.77. The average molecular weight is 422 g/mol. The third kappa shape index (κ3) is 4.91. The lowest BCUT2D eigenvalue weighted by Gasteiger charge is -2.36. The van der Waals surface area contributed by atoms with Crippen LogP contribution in [-0.4, -0.2) is 68.1 Å². The summed E-state index contributed by atoms with van der Waals surface area (Å²) in [6.45, 7) is 12.1. The SMILES string of the molecule is CN1CCN(c2ncccc2CC2NCCN(c3ccc(C(C)(C)C)cc3)C2=O)CC1. The van der Waals surface area contributed by atoms with Gasteiger partial charge in [0, 0.05) is 57.6 Å². The van der Waals surface area contributed by atoms with Crippen molar-refractivity contribution in [2.24, 2.45) is 0 Å². The minimum atomic E-state index is -0.230. The molecule has 2 aromatic rings. The van der Waals surface area contributed by atoms with E-state index in [2.05, 4.69) is 78.3 Å². The van der Waals surface area contributed by atoms with Gasteiger partial charge in [-0.2, -0.15) is 0 Å². The fourth-order valence-corrected chi connectivity index (χ4v) is 4.41. The van der Waals surface area contributed by atoms with Gasteiger partial charge in [-0.25, -0.2) is 4.98 Å². The van der Waals surface area contributed by atoms with Crippen molar-refractivity contribution in [2.45, 2.75) is 38.6 Å². The van der Waals surface area contributed by atoms with Crippen LogP contribution in [0.1, 0.15) is 31.9 Å². The number of aromatic nitrogens is 1. The summed E-state index contributed by atoms with van der Waals surface area (Å²) >= 11 is 0. The summed E-state index contributed by atoms with van der Waals surface area (Å²) < 4.78 is 0. The highest BCUT2D eigenvalue weighted by molar-refractivity contribution is 5.98. The zero-order chi connectivity index (χ0) is 22.0. The maximum Gasteiger partial charge on any atom is 0.244 e. The largest absolute Gasteiger partial charge is 0.354 e. The van der Waals surface area contributed by atoms with Gasteiger partial charge in [-0.15, -0.1) is 0 Å². The Morgan fingerprint density at radius 3 is 2.42 bits per heavy atom. The standard InChI is InChI=1S/C25H35N5O/c1-25(2,3)20-7-9-21(10-8-20)30-13-12-26-22(24(30)31)18-19-6-5-11-27-23(19)29-16-14-28(4)15-17-29/h5-11,22,26H,12-18H2,1-4H3. The van der Waals surface area contributed by atoms with Crippen LogP contribution < -0.4 is 15.1 Å². The molecule has 6 nitrogen and oxygen atoms in total. The first-order valence-corrected chi connectivity index (χ1v) is 11.4. The molecular weight excluding hydrogens is 386 g/mol. The number of likely N-dealkylation sites (N-methyl/N-ethyl adjacent to an activating group) is 1. The number of carbonyl (C=O) groups is 1. The summed E-state index contributed by atoms with van der Waals surface area (Å²) in [5, 5.41) is 3.44. The molecular formula is C25H35N5O. The zero-order valence-corrected chi connectivity index (χ0v) is 19.3. The Hall–Kier alpha value is -2.44. The fraction of sp³-hybridized carbons (Fsp3) is 0.520. The lowest BCUT2D eigenvalue weighted by Crippen LogP contribution is -2.56. The summed E-state index contributed by atoms with van der Waals surface area (Å²) in [6.07, 6.45) is 2.52. The molecule has 2 aliphatic rings. The Morgan fingerprint density at radius 1 is 1.03 bits per heavy atom. The van der Waals surface area contributed by atoms with Gasteiger partial charge in [0.05, 0.1) is 6.04 Å². The van der Waals surface area contributed by atoms with E-state index in [4.69, 9.17) is 0 Å². The number of carbonyl (C=O) groups excluding carboxylic acids is 1. The van der Waals surface area contributed by atoms with Crippen LogP contribution in [0.4, 0.5) is 11.5 Å². The number of benzene rings is 1. The number of hydrogen-bond acceptors (Lipinski definition) is 5. The van der Waals surface area contributed by atoms with Crippen molar-refractivity contribution < 1.29 is 4.79 Å². The second-order valence-corrected chi connectivity index (χ2v) is 9.77. The molecule has 4 rings (SSSR count). The first-order chi connectivity index (χ1) is 14.8. The van der Waals surface area contributed by atoms with Crippen molar-refractivity contribution in [3.63, 3.8) is 0 Å². The van der Waals surface area contributed by atoms with Crippen molar-refractivity contribution in [1.29, 1.82) is 0 Å². The van der Waals surface area contributed by atoms with Gasteiger partial charge in [-0.1, -0.05) is 39.0 Å². The molecule has 0 bridgehead atoms. The van der Waals surface area contributed by atoms with Crippen LogP contribution in [0.15, 0.2) is 42.6 Å². The molecule has 2 saturated heterocycles. The van der Waals surface area contributed by atoms with Gasteiger partial charge in [0.25, 0.3) is 0 Å². The highest BCUT2D eigenvalue weighted by atomic mass is 16.2. The number of amides is 1. The van der Waals surface area contributed by atoms with E-state index in [9.17, 15) is 4.79 Å². The molecule has 2 fully saturated rings. The molecule has 1 aromatic heterocycles. The zero-order valence-electron chi connectivity index (χ0n) is 19.3.